The summed E-state index contributed by atoms with van der Waals surface area (Å²) in [5.74, 6) is -0.220. The molecule has 1 aromatic rings. The van der Waals surface area contributed by atoms with Crippen molar-refractivity contribution in [3.8, 4) is 0 Å². The molecule has 1 atom stereocenters. The average Bonchev–Trinajstić information content (AvgIpc) is 2.10. The molecule has 0 saturated carbocycles. The maximum atomic E-state index is 12.9. The van der Waals surface area contributed by atoms with E-state index in [1.807, 2.05) is 6.92 Å². The van der Waals surface area contributed by atoms with Gasteiger partial charge in [-0.05, 0) is 31.0 Å². The van der Waals surface area contributed by atoms with Crippen LogP contribution in [0, 0.1) is 12.7 Å². The van der Waals surface area contributed by atoms with Gasteiger partial charge in [0.05, 0.1) is 6.04 Å². The summed E-state index contributed by atoms with van der Waals surface area (Å²) >= 11 is 0. The lowest BCUT2D eigenvalue weighted by atomic mass is 10.1. The highest BCUT2D eigenvalue weighted by molar-refractivity contribution is 5.47. The molecule has 0 aliphatic rings. The van der Waals surface area contributed by atoms with Crippen LogP contribution in [0.2, 0.25) is 0 Å². The monoisotopic (exact) mass is 181 g/mol. The fourth-order valence-corrected chi connectivity index (χ4v) is 1.14. The number of carbonyl (C=O) groups excluding carboxylic acids is 1. The summed E-state index contributed by atoms with van der Waals surface area (Å²) in [6.45, 7) is 3.55. The van der Waals surface area contributed by atoms with Crippen molar-refractivity contribution >= 4 is 6.41 Å². The third kappa shape index (κ3) is 2.28. The maximum Gasteiger partial charge on any atom is 0.207 e. The van der Waals surface area contributed by atoms with Crippen LogP contribution in [0.15, 0.2) is 18.2 Å². The molecule has 0 aliphatic carbocycles. The van der Waals surface area contributed by atoms with E-state index in [1.165, 1.54) is 6.07 Å². The normalized spacial score (nSPS) is 12.2. The Morgan fingerprint density at radius 1 is 1.54 bits per heavy atom. The van der Waals surface area contributed by atoms with E-state index in [9.17, 15) is 9.18 Å². The summed E-state index contributed by atoms with van der Waals surface area (Å²) in [4.78, 5) is 10.2. The van der Waals surface area contributed by atoms with Gasteiger partial charge < -0.3 is 5.32 Å². The summed E-state index contributed by atoms with van der Waals surface area (Å²) in [5, 5.41) is 2.61. The number of carbonyl (C=O) groups is 1. The molecule has 0 spiro atoms. The molecule has 3 heteroatoms. The lowest BCUT2D eigenvalue weighted by molar-refractivity contribution is -0.110. The van der Waals surface area contributed by atoms with Crippen LogP contribution in [0.3, 0.4) is 0 Å². The van der Waals surface area contributed by atoms with Gasteiger partial charge in [0.15, 0.2) is 0 Å². The van der Waals surface area contributed by atoms with Crippen molar-refractivity contribution in [3.05, 3.63) is 35.1 Å². The molecule has 1 amide bonds. The van der Waals surface area contributed by atoms with Gasteiger partial charge in [0.2, 0.25) is 6.41 Å². The second-order valence-electron chi connectivity index (χ2n) is 3.01. The van der Waals surface area contributed by atoms with Gasteiger partial charge in [-0.15, -0.1) is 0 Å². The van der Waals surface area contributed by atoms with Crippen molar-refractivity contribution in [2.75, 3.05) is 0 Å². The Kier molecular flexibility index (Phi) is 3.01. The minimum atomic E-state index is -0.220. The van der Waals surface area contributed by atoms with Gasteiger partial charge in [0, 0.05) is 0 Å². The number of hydrogen-bond acceptors (Lipinski definition) is 1. The topological polar surface area (TPSA) is 29.1 Å². The van der Waals surface area contributed by atoms with Gasteiger partial charge in [0.1, 0.15) is 5.82 Å². The third-order valence-electron chi connectivity index (χ3n) is 2.00. The number of rotatable bonds is 3. The molecule has 1 rings (SSSR count). The number of aryl methyl sites for hydroxylation is 1. The molecule has 0 bridgehead atoms. The Bertz CT molecular complexity index is 312. The zero-order valence-electron chi connectivity index (χ0n) is 7.67. The molecule has 2 nitrogen and oxygen atoms in total. The molecule has 0 fully saturated rings. The zero-order chi connectivity index (χ0) is 9.84. The molecule has 0 saturated heterocycles. The highest BCUT2D eigenvalue weighted by Crippen LogP contribution is 2.15. The van der Waals surface area contributed by atoms with Crippen molar-refractivity contribution in [1.29, 1.82) is 0 Å². The second kappa shape index (κ2) is 4.03. The second-order valence-corrected chi connectivity index (χ2v) is 3.01. The van der Waals surface area contributed by atoms with Crippen LogP contribution in [0.4, 0.5) is 4.39 Å². The van der Waals surface area contributed by atoms with E-state index in [4.69, 9.17) is 0 Å². The van der Waals surface area contributed by atoms with Gasteiger partial charge in [0.25, 0.3) is 0 Å². The average molecular weight is 181 g/mol. The lowest BCUT2D eigenvalue weighted by Gasteiger charge is -2.11. The maximum absolute atomic E-state index is 12.9. The van der Waals surface area contributed by atoms with Crippen LogP contribution in [0.5, 0.6) is 0 Å². The highest BCUT2D eigenvalue weighted by Gasteiger charge is 2.05. The van der Waals surface area contributed by atoms with Crippen LogP contribution in [-0.2, 0) is 4.79 Å². The first kappa shape index (κ1) is 9.71. The third-order valence-corrected chi connectivity index (χ3v) is 2.00. The fourth-order valence-electron chi connectivity index (χ4n) is 1.14. The number of benzene rings is 1. The molecule has 1 aromatic carbocycles. The Morgan fingerprint density at radius 2 is 2.23 bits per heavy atom. The molecule has 0 aromatic heterocycles. The standard InChI is InChI=1S/C10H12FNO/c1-7-5-9(3-4-10(7)11)8(2)12-6-13/h3-6,8H,1-2H3,(H,12,13). The summed E-state index contributed by atoms with van der Waals surface area (Å²) < 4.78 is 12.9. The Morgan fingerprint density at radius 3 is 2.77 bits per heavy atom. The minimum Gasteiger partial charge on any atom is -0.352 e. The van der Waals surface area contributed by atoms with Crippen molar-refractivity contribution in [2.45, 2.75) is 19.9 Å². The molecule has 1 N–H and O–H groups in total. The van der Waals surface area contributed by atoms with Crippen LogP contribution in [0.25, 0.3) is 0 Å². The van der Waals surface area contributed by atoms with E-state index >= 15 is 0 Å². The van der Waals surface area contributed by atoms with E-state index in [-0.39, 0.29) is 11.9 Å². The van der Waals surface area contributed by atoms with Crippen molar-refractivity contribution < 1.29 is 9.18 Å². The number of amides is 1. The van der Waals surface area contributed by atoms with Crippen LogP contribution < -0.4 is 5.32 Å². The molecule has 13 heavy (non-hydrogen) atoms. The van der Waals surface area contributed by atoms with Gasteiger partial charge in [-0.3, -0.25) is 4.79 Å². The number of halogens is 1. The van der Waals surface area contributed by atoms with Crippen molar-refractivity contribution in [3.63, 3.8) is 0 Å². The Hall–Kier alpha value is -1.38. The molecule has 0 radical (unpaired) electrons. The lowest BCUT2D eigenvalue weighted by Crippen LogP contribution is -2.16. The smallest absolute Gasteiger partial charge is 0.207 e. The molecule has 1 unspecified atom stereocenters. The van der Waals surface area contributed by atoms with E-state index in [2.05, 4.69) is 5.32 Å². The summed E-state index contributed by atoms with van der Waals surface area (Å²) in [5.41, 5.74) is 1.50. The van der Waals surface area contributed by atoms with Gasteiger partial charge in [-0.25, -0.2) is 4.39 Å². The zero-order valence-corrected chi connectivity index (χ0v) is 7.67. The quantitative estimate of drug-likeness (QED) is 0.709. The first-order chi connectivity index (χ1) is 6.15. The van der Waals surface area contributed by atoms with Crippen LogP contribution in [-0.4, -0.2) is 6.41 Å². The van der Waals surface area contributed by atoms with Crippen molar-refractivity contribution in [1.82, 2.24) is 5.32 Å². The van der Waals surface area contributed by atoms with Gasteiger partial charge >= 0.3 is 0 Å². The van der Waals surface area contributed by atoms with Crippen molar-refractivity contribution in [2.24, 2.45) is 0 Å². The van der Waals surface area contributed by atoms with E-state index in [1.54, 1.807) is 19.1 Å². The van der Waals surface area contributed by atoms with Gasteiger partial charge in [-0.1, -0.05) is 12.1 Å². The predicted molar refractivity (Wildman–Crippen MR) is 48.8 cm³/mol. The highest BCUT2D eigenvalue weighted by atomic mass is 19.1. The molecular formula is C10H12FNO. The molecular weight excluding hydrogens is 169 g/mol. The van der Waals surface area contributed by atoms with Crippen LogP contribution >= 0.6 is 0 Å². The summed E-state index contributed by atoms with van der Waals surface area (Å²) in [7, 11) is 0. The Labute approximate surface area is 76.8 Å². The molecule has 70 valence electrons. The Balaban J connectivity index is 2.89. The molecule has 0 heterocycles. The van der Waals surface area contributed by atoms with E-state index < -0.39 is 0 Å². The number of nitrogens with one attached hydrogen (secondary N) is 1. The minimum absolute atomic E-state index is 0.0724. The largest absolute Gasteiger partial charge is 0.352 e. The van der Waals surface area contributed by atoms with E-state index in [0.717, 1.165) is 5.56 Å². The molecule has 0 aliphatic heterocycles. The first-order valence-electron chi connectivity index (χ1n) is 4.11. The SMILES string of the molecule is Cc1cc(C(C)NC=O)ccc1F. The summed E-state index contributed by atoms with van der Waals surface area (Å²) in [6, 6.07) is 4.74. The van der Waals surface area contributed by atoms with Gasteiger partial charge in [-0.2, -0.15) is 0 Å². The predicted octanol–water partition coefficient (Wildman–Crippen LogP) is 1.94. The fraction of sp³-hybridized carbons (Fsp3) is 0.300. The van der Waals surface area contributed by atoms with Crippen LogP contribution in [0.1, 0.15) is 24.1 Å². The first-order valence-corrected chi connectivity index (χ1v) is 4.11. The summed E-state index contributed by atoms with van der Waals surface area (Å²) in [6.07, 6.45) is 0.642. The number of hydrogen-bond donors (Lipinski definition) is 1. The van der Waals surface area contributed by atoms with E-state index in [0.29, 0.717) is 12.0 Å².